The molecule has 1 atom stereocenters. The Kier molecular flexibility index (Phi) is 10.4. The second-order valence-electron chi connectivity index (χ2n) is 11.2. The highest BCUT2D eigenvalue weighted by atomic mass is 19.1. The van der Waals surface area contributed by atoms with Gasteiger partial charge in [0.1, 0.15) is 13.7 Å². The third kappa shape index (κ3) is 8.35. The average Bonchev–Trinajstić information content (AvgIpc) is 3.12. The number of hydrogen-bond donors (Lipinski definition) is 3. The zero-order valence-corrected chi connectivity index (χ0v) is 24.1. The fourth-order valence-electron chi connectivity index (χ4n) is 5.13. The Bertz CT molecular complexity index is 1420. The molecule has 2 aromatic rings. The van der Waals surface area contributed by atoms with Crippen molar-refractivity contribution in [2.45, 2.75) is 66.8 Å². The number of allylic oxidation sites excluding steroid dienone is 9. The molecule has 2 radical (unpaired) electrons. The van der Waals surface area contributed by atoms with E-state index in [4.69, 9.17) is 7.85 Å². The van der Waals surface area contributed by atoms with Gasteiger partial charge >= 0.3 is 5.69 Å². The predicted molar refractivity (Wildman–Crippen MR) is 161 cm³/mol. The summed E-state index contributed by atoms with van der Waals surface area (Å²) < 4.78 is 14.3. The van der Waals surface area contributed by atoms with Gasteiger partial charge in [0, 0.05) is 23.9 Å². The van der Waals surface area contributed by atoms with E-state index in [0.29, 0.717) is 18.2 Å². The summed E-state index contributed by atoms with van der Waals surface area (Å²) in [6, 6.07) is 5.65. The lowest BCUT2D eigenvalue weighted by Crippen LogP contribution is -2.25. The lowest BCUT2D eigenvalue weighted by molar-refractivity contribution is -0.111. The van der Waals surface area contributed by atoms with Crippen LogP contribution in [0.5, 0.6) is 5.88 Å². The minimum absolute atomic E-state index is 0.00438. The van der Waals surface area contributed by atoms with Gasteiger partial charge in [-0.1, -0.05) is 55.4 Å². The van der Waals surface area contributed by atoms with Crippen LogP contribution in [0.1, 0.15) is 60.3 Å². The first-order chi connectivity index (χ1) is 18.9. The number of aromatic amines is 1. The smallest absolute Gasteiger partial charge is 0.327 e. The molecule has 0 saturated carbocycles. The molecule has 0 fully saturated rings. The van der Waals surface area contributed by atoms with Crippen molar-refractivity contribution in [2.75, 3.05) is 5.32 Å². The standard InChI is InChI=1S/C32H39BFN3O3/c1-21(8-6-9-22(2)20-28(38)35-26-14-12-25(34)13-15-26)11-16-27-23(3)24(17-18-32(27,4)5)10-7-19-37-30(39)29(33)36-31(37)40/h6,8-9,11-16,20,24,39H,7,10,17-19H2,1-5H3,(H,35,38)(H,36,40)/b9-6+,16-11+,21-8+,22-20+. The van der Waals surface area contributed by atoms with E-state index < -0.39 is 0 Å². The molecular weight excluding hydrogens is 504 g/mol. The molecule has 6 nitrogen and oxygen atoms in total. The van der Waals surface area contributed by atoms with Crippen LogP contribution in [0.25, 0.3) is 0 Å². The summed E-state index contributed by atoms with van der Waals surface area (Å²) in [4.78, 5) is 26.6. The zero-order chi connectivity index (χ0) is 29.4. The second kappa shape index (κ2) is 13.5. The average molecular weight is 543 g/mol. The normalized spacial score (nSPS) is 18.2. The number of H-pyrrole nitrogens is 1. The Morgan fingerprint density at radius 2 is 1.93 bits per heavy atom. The summed E-state index contributed by atoms with van der Waals surface area (Å²) in [6.45, 7) is 11.1. The van der Waals surface area contributed by atoms with Crippen molar-refractivity contribution >= 4 is 25.0 Å². The quantitative estimate of drug-likeness (QED) is 0.195. The van der Waals surface area contributed by atoms with E-state index in [1.165, 1.54) is 46.1 Å². The number of carbonyl (C=O) groups is 1. The molecule has 1 aromatic heterocycles. The van der Waals surface area contributed by atoms with Crippen LogP contribution in [-0.2, 0) is 11.3 Å². The number of anilines is 1. The lowest BCUT2D eigenvalue weighted by atomic mass is 9.68. The van der Waals surface area contributed by atoms with Crippen molar-refractivity contribution in [1.29, 1.82) is 0 Å². The van der Waals surface area contributed by atoms with E-state index in [9.17, 15) is 19.1 Å². The first-order valence-electron chi connectivity index (χ1n) is 13.6. The van der Waals surface area contributed by atoms with Crippen molar-refractivity contribution in [3.05, 3.63) is 99.3 Å². The van der Waals surface area contributed by atoms with Gasteiger partial charge in [-0.2, -0.15) is 0 Å². The molecule has 8 heteroatoms. The topological polar surface area (TPSA) is 87.1 Å². The number of aromatic nitrogens is 2. The van der Waals surface area contributed by atoms with E-state index in [-0.39, 0.29) is 34.3 Å². The third-order valence-electron chi connectivity index (χ3n) is 7.50. The number of aromatic hydroxyl groups is 1. The van der Waals surface area contributed by atoms with Crippen LogP contribution in [0.3, 0.4) is 0 Å². The van der Waals surface area contributed by atoms with Crippen LogP contribution in [0.15, 0.2) is 87.8 Å². The highest BCUT2D eigenvalue weighted by molar-refractivity contribution is 6.32. The molecule has 0 bridgehead atoms. The summed E-state index contributed by atoms with van der Waals surface area (Å²) in [5.41, 5.74) is 4.80. The van der Waals surface area contributed by atoms with Crippen molar-refractivity contribution in [3.63, 3.8) is 0 Å². The number of benzene rings is 1. The molecular formula is C32H39BFN3O3. The number of halogens is 1. The summed E-state index contributed by atoms with van der Waals surface area (Å²) in [5.74, 6) is -0.398. The van der Waals surface area contributed by atoms with Gasteiger partial charge in [-0.15, -0.1) is 0 Å². The number of nitrogens with zero attached hydrogens (tertiary/aromatic N) is 1. The molecule has 40 heavy (non-hydrogen) atoms. The molecule has 3 N–H and O–H groups in total. The molecule has 1 aliphatic carbocycles. The maximum atomic E-state index is 13.0. The Hall–Kier alpha value is -3.81. The first-order valence-corrected chi connectivity index (χ1v) is 13.6. The fraction of sp³-hybridized carbons (Fsp3) is 0.375. The molecule has 0 aliphatic heterocycles. The largest absolute Gasteiger partial charge is 0.494 e. The molecule has 210 valence electrons. The van der Waals surface area contributed by atoms with Gasteiger partial charge in [-0.05, 0) is 93.2 Å². The molecule has 1 amide bonds. The minimum Gasteiger partial charge on any atom is -0.494 e. The van der Waals surface area contributed by atoms with Crippen molar-refractivity contribution in [1.82, 2.24) is 9.55 Å². The lowest BCUT2D eigenvalue weighted by Gasteiger charge is -2.37. The monoisotopic (exact) mass is 543 g/mol. The van der Waals surface area contributed by atoms with Crippen LogP contribution in [0, 0.1) is 17.2 Å². The van der Waals surface area contributed by atoms with E-state index in [2.05, 4.69) is 43.2 Å². The summed E-state index contributed by atoms with van der Waals surface area (Å²) in [5, 5.41) is 12.7. The number of nitrogens with one attached hydrogen (secondary N) is 2. The van der Waals surface area contributed by atoms with Crippen LogP contribution in [-0.4, -0.2) is 28.4 Å². The summed E-state index contributed by atoms with van der Waals surface area (Å²) in [6.07, 6.45) is 15.5. The summed E-state index contributed by atoms with van der Waals surface area (Å²) >= 11 is 0. The van der Waals surface area contributed by atoms with Gasteiger partial charge in [0.15, 0.2) is 0 Å². The summed E-state index contributed by atoms with van der Waals surface area (Å²) in [7, 11) is 5.60. The minimum atomic E-state index is -0.383. The molecule has 1 heterocycles. The first kappa shape index (κ1) is 30.7. The maximum Gasteiger partial charge on any atom is 0.327 e. The van der Waals surface area contributed by atoms with Crippen LogP contribution in [0.2, 0.25) is 0 Å². The third-order valence-corrected chi connectivity index (χ3v) is 7.50. The van der Waals surface area contributed by atoms with E-state index in [1.54, 1.807) is 0 Å². The van der Waals surface area contributed by atoms with Crippen molar-refractivity contribution in [2.24, 2.45) is 11.3 Å². The Morgan fingerprint density at radius 1 is 1.23 bits per heavy atom. The van der Waals surface area contributed by atoms with Gasteiger partial charge in [-0.25, -0.2) is 9.18 Å². The fourth-order valence-corrected chi connectivity index (χ4v) is 5.13. The van der Waals surface area contributed by atoms with Gasteiger partial charge < -0.3 is 15.4 Å². The highest BCUT2D eigenvalue weighted by Gasteiger charge is 2.31. The van der Waals surface area contributed by atoms with Crippen molar-refractivity contribution in [3.8, 4) is 5.88 Å². The maximum absolute atomic E-state index is 13.0. The van der Waals surface area contributed by atoms with Gasteiger partial charge in [0.05, 0.1) is 0 Å². The molecule has 0 spiro atoms. The number of amides is 1. The van der Waals surface area contributed by atoms with Gasteiger partial charge in [0.25, 0.3) is 0 Å². The second-order valence-corrected chi connectivity index (χ2v) is 11.2. The van der Waals surface area contributed by atoms with Gasteiger partial charge in [0.2, 0.25) is 11.8 Å². The number of imidazole rings is 1. The highest BCUT2D eigenvalue weighted by Crippen LogP contribution is 2.44. The molecule has 1 unspecified atom stereocenters. The Labute approximate surface area is 237 Å². The molecule has 0 saturated heterocycles. The van der Waals surface area contributed by atoms with Crippen LogP contribution >= 0.6 is 0 Å². The van der Waals surface area contributed by atoms with Crippen LogP contribution < -0.4 is 16.6 Å². The van der Waals surface area contributed by atoms with Crippen LogP contribution in [0.4, 0.5) is 10.1 Å². The molecule has 3 rings (SSSR count). The Balaban J connectivity index is 1.61. The number of hydrogen-bond acceptors (Lipinski definition) is 3. The molecule has 1 aliphatic rings. The molecule has 1 aromatic carbocycles. The predicted octanol–water partition coefficient (Wildman–Crippen LogP) is 5.99. The van der Waals surface area contributed by atoms with E-state index >= 15 is 0 Å². The van der Waals surface area contributed by atoms with E-state index in [0.717, 1.165) is 36.8 Å². The number of carbonyl (C=O) groups excluding carboxylic acids is 1. The van der Waals surface area contributed by atoms with Gasteiger partial charge in [-0.3, -0.25) is 9.36 Å². The van der Waals surface area contributed by atoms with Crippen molar-refractivity contribution < 1.29 is 14.3 Å². The number of rotatable bonds is 10. The van der Waals surface area contributed by atoms with E-state index in [1.807, 2.05) is 32.1 Å². The zero-order valence-electron chi connectivity index (χ0n) is 24.1. The Morgan fingerprint density at radius 3 is 2.58 bits per heavy atom. The SMILES string of the molecule is [B]c1[nH]c(=O)n(CCCC2CCC(C)(C)C(/C=C/C(C)=C/C=C/C(C)=C/C(=O)Nc3ccc(F)cc3)=C2C)c1O.